The molecule has 1 saturated heterocycles. The monoisotopic (exact) mass is 243 g/mol. The van der Waals surface area contributed by atoms with Gasteiger partial charge in [-0.1, -0.05) is 0 Å². The molecule has 1 unspecified atom stereocenters. The summed E-state index contributed by atoms with van der Waals surface area (Å²) in [4.78, 5) is 14.2. The topological polar surface area (TPSA) is 29.5 Å². The predicted octanol–water partition coefficient (Wildman–Crippen LogP) is 1.72. The van der Waals surface area contributed by atoms with E-state index in [1.165, 1.54) is 0 Å². The standard InChI is InChI=1S/C12H21NO2S/c1-13(10-6-7-15-8-10)12(14)9-2-4-11(16)5-3-9/h9-11,16H,2-8H2,1H3. The number of carbonyl (C=O) groups excluding carboxylic acids is 1. The first kappa shape index (κ1) is 12.2. The lowest BCUT2D eigenvalue weighted by Crippen LogP contribution is -2.42. The minimum absolute atomic E-state index is 0.231. The van der Waals surface area contributed by atoms with Gasteiger partial charge in [0, 0.05) is 24.8 Å². The Morgan fingerprint density at radius 2 is 1.94 bits per heavy atom. The van der Waals surface area contributed by atoms with Gasteiger partial charge in [-0.05, 0) is 32.1 Å². The number of hydrogen-bond acceptors (Lipinski definition) is 3. The summed E-state index contributed by atoms with van der Waals surface area (Å²) < 4.78 is 5.33. The number of hydrogen-bond donors (Lipinski definition) is 1. The van der Waals surface area contributed by atoms with E-state index in [4.69, 9.17) is 4.74 Å². The number of ether oxygens (including phenoxy) is 1. The zero-order chi connectivity index (χ0) is 11.5. The lowest BCUT2D eigenvalue weighted by molar-refractivity contribution is -0.137. The number of nitrogens with zero attached hydrogens (tertiary/aromatic N) is 1. The minimum atomic E-state index is 0.231. The second-order valence-electron chi connectivity index (χ2n) is 4.97. The maximum Gasteiger partial charge on any atom is 0.225 e. The fourth-order valence-electron chi connectivity index (χ4n) is 2.62. The normalized spacial score (nSPS) is 35.0. The van der Waals surface area contributed by atoms with Gasteiger partial charge >= 0.3 is 0 Å². The van der Waals surface area contributed by atoms with Crippen molar-refractivity contribution in [2.24, 2.45) is 5.92 Å². The first-order valence-electron chi connectivity index (χ1n) is 6.21. The molecule has 92 valence electrons. The molecule has 2 rings (SSSR count). The highest BCUT2D eigenvalue weighted by molar-refractivity contribution is 7.80. The van der Waals surface area contributed by atoms with E-state index in [1.807, 2.05) is 11.9 Å². The third kappa shape index (κ3) is 2.72. The molecule has 0 aromatic carbocycles. The molecule has 1 aliphatic heterocycles. The molecule has 3 nitrogen and oxygen atoms in total. The molecular weight excluding hydrogens is 222 g/mol. The highest BCUT2D eigenvalue weighted by atomic mass is 32.1. The van der Waals surface area contributed by atoms with Gasteiger partial charge in [-0.15, -0.1) is 0 Å². The molecule has 0 aromatic heterocycles. The molecule has 2 fully saturated rings. The highest BCUT2D eigenvalue weighted by Crippen LogP contribution is 2.29. The van der Waals surface area contributed by atoms with Gasteiger partial charge in [0.1, 0.15) is 0 Å². The third-order valence-corrected chi connectivity index (χ3v) is 4.36. The van der Waals surface area contributed by atoms with Crippen molar-refractivity contribution in [3.8, 4) is 0 Å². The lowest BCUT2D eigenvalue weighted by Gasteiger charge is -2.31. The SMILES string of the molecule is CN(C(=O)C1CCC(S)CC1)C1CCOC1. The molecule has 1 atom stereocenters. The van der Waals surface area contributed by atoms with Gasteiger partial charge in [0.15, 0.2) is 0 Å². The van der Waals surface area contributed by atoms with Crippen LogP contribution in [0.4, 0.5) is 0 Å². The Morgan fingerprint density at radius 3 is 2.50 bits per heavy atom. The number of thiol groups is 1. The third-order valence-electron chi connectivity index (χ3n) is 3.85. The molecule has 1 heterocycles. The molecule has 1 saturated carbocycles. The van der Waals surface area contributed by atoms with Crippen LogP contribution in [-0.2, 0) is 9.53 Å². The molecule has 0 bridgehead atoms. The molecule has 4 heteroatoms. The fourth-order valence-corrected chi connectivity index (χ4v) is 2.92. The van der Waals surface area contributed by atoms with Crippen LogP contribution in [0.5, 0.6) is 0 Å². The first-order valence-corrected chi connectivity index (χ1v) is 6.72. The Balaban J connectivity index is 1.86. The van der Waals surface area contributed by atoms with Crippen molar-refractivity contribution in [1.29, 1.82) is 0 Å². The average Bonchev–Trinajstić information content (AvgIpc) is 2.81. The van der Waals surface area contributed by atoms with E-state index >= 15 is 0 Å². The van der Waals surface area contributed by atoms with Crippen LogP contribution in [0.1, 0.15) is 32.1 Å². The first-order chi connectivity index (χ1) is 7.68. The summed E-state index contributed by atoms with van der Waals surface area (Å²) in [6.45, 7) is 1.51. The van der Waals surface area contributed by atoms with Gasteiger partial charge < -0.3 is 9.64 Å². The van der Waals surface area contributed by atoms with Gasteiger partial charge in [-0.25, -0.2) is 0 Å². The summed E-state index contributed by atoms with van der Waals surface area (Å²) >= 11 is 4.46. The molecule has 0 N–H and O–H groups in total. The zero-order valence-corrected chi connectivity index (χ0v) is 10.8. The fraction of sp³-hybridized carbons (Fsp3) is 0.917. The molecular formula is C12H21NO2S. The van der Waals surface area contributed by atoms with Crippen LogP contribution in [-0.4, -0.2) is 42.4 Å². The van der Waals surface area contributed by atoms with Crippen LogP contribution in [0.2, 0.25) is 0 Å². The number of likely N-dealkylation sites (N-methyl/N-ethyl adjacent to an activating group) is 1. The Hall–Kier alpha value is -0.220. The van der Waals surface area contributed by atoms with Crippen molar-refractivity contribution in [3.05, 3.63) is 0 Å². The van der Waals surface area contributed by atoms with Crippen LogP contribution in [0.25, 0.3) is 0 Å². The smallest absolute Gasteiger partial charge is 0.225 e. The summed E-state index contributed by atoms with van der Waals surface area (Å²) in [5.41, 5.74) is 0. The second kappa shape index (κ2) is 5.41. The maximum atomic E-state index is 12.2. The summed E-state index contributed by atoms with van der Waals surface area (Å²) in [5.74, 6) is 0.546. The molecule has 0 radical (unpaired) electrons. The molecule has 1 aliphatic carbocycles. The van der Waals surface area contributed by atoms with E-state index in [0.717, 1.165) is 38.7 Å². The van der Waals surface area contributed by atoms with E-state index in [9.17, 15) is 4.79 Å². The van der Waals surface area contributed by atoms with Crippen molar-refractivity contribution in [2.75, 3.05) is 20.3 Å². The van der Waals surface area contributed by atoms with Crippen LogP contribution >= 0.6 is 12.6 Å². The maximum absolute atomic E-state index is 12.2. The average molecular weight is 243 g/mol. The molecule has 16 heavy (non-hydrogen) atoms. The van der Waals surface area contributed by atoms with E-state index in [2.05, 4.69) is 12.6 Å². The Labute approximate surface area is 103 Å². The molecule has 0 spiro atoms. The van der Waals surface area contributed by atoms with Crippen molar-refractivity contribution < 1.29 is 9.53 Å². The van der Waals surface area contributed by atoms with E-state index in [0.29, 0.717) is 23.8 Å². The lowest BCUT2D eigenvalue weighted by atomic mass is 9.87. The molecule has 2 aliphatic rings. The van der Waals surface area contributed by atoms with Crippen molar-refractivity contribution in [1.82, 2.24) is 4.90 Å². The van der Waals surface area contributed by atoms with Crippen molar-refractivity contribution >= 4 is 18.5 Å². The zero-order valence-electron chi connectivity index (χ0n) is 9.89. The highest BCUT2D eigenvalue weighted by Gasteiger charge is 2.31. The Kier molecular flexibility index (Phi) is 4.14. The van der Waals surface area contributed by atoms with Gasteiger partial charge in [0.2, 0.25) is 5.91 Å². The van der Waals surface area contributed by atoms with Crippen molar-refractivity contribution in [3.63, 3.8) is 0 Å². The van der Waals surface area contributed by atoms with Gasteiger partial charge in [0.05, 0.1) is 12.6 Å². The number of carbonyl (C=O) groups is 1. The van der Waals surface area contributed by atoms with Crippen molar-refractivity contribution in [2.45, 2.75) is 43.4 Å². The summed E-state index contributed by atoms with van der Waals surface area (Å²) in [7, 11) is 1.93. The predicted molar refractivity (Wildman–Crippen MR) is 66.7 cm³/mol. The molecule has 1 amide bonds. The Morgan fingerprint density at radius 1 is 1.25 bits per heavy atom. The van der Waals surface area contributed by atoms with E-state index < -0.39 is 0 Å². The van der Waals surface area contributed by atoms with Gasteiger partial charge in [-0.3, -0.25) is 4.79 Å². The summed E-state index contributed by atoms with van der Waals surface area (Å²) in [6.07, 6.45) is 5.16. The quantitative estimate of drug-likeness (QED) is 0.748. The van der Waals surface area contributed by atoms with Gasteiger partial charge in [-0.2, -0.15) is 12.6 Å². The van der Waals surface area contributed by atoms with E-state index in [1.54, 1.807) is 0 Å². The van der Waals surface area contributed by atoms with Crippen LogP contribution in [0.3, 0.4) is 0 Å². The number of amides is 1. The summed E-state index contributed by atoms with van der Waals surface area (Å²) in [6, 6.07) is 0.307. The van der Waals surface area contributed by atoms with Gasteiger partial charge in [0.25, 0.3) is 0 Å². The van der Waals surface area contributed by atoms with E-state index in [-0.39, 0.29) is 5.92 Å². The second-order valence-corrected chi connectivity index (χ2v) is 5.70. The van der Waals surface area contributed by atoms with Crippen LogP contribution in [0, 0.1) is 5.92 Å². The summed E-state index contributed by atoms with van der Waals surface area (Å²) in [5, 5.41) is 0.504. The minimum Gasteiger partial charge on any atom is -0.379 e. The molecule has 0 aromatic rings. The van der Waals surface area contributed by atoms with Crippen LogP contribution in [0.15, 0.2) is 0 Å². The number of rotatable bonds is 2. The van der Waals surface area contributed by atoms with Crippen LogP contribution < -0.4 is 0 Å². The largest absolute Gasteiger partial charge is 0.379 e. The Bertz CT molecular complexity index is 245.